The van der Waals surface area contributed by atoms with Gasteiger partial charge in [-0.1, -0.05) is 0 Å². The fourth-order valence-corrected chi connectivity index (χ4v) is 1.41. The van der Waals surface area contributed by atoms with E-state index in [-0.39, 0.29) is 5.82 Å². The molecular formula is C11H13FO. The van der Waals surface area contributed by atoms with Gasteiger partial charge in [-0.2, -0.15) is 0 Å². The molecular weight excluding hydrogens is 167 g/mol. The van der Waals surface area contributed by atoms with E-state index in [0.717, 1.165) is 24.2 Å². The predicted octanol–water partition coefficient (Wildman–Crippen LogP) is 3.07. The first-order valence-electron chi connectivity index (χ1n) is 4.68. The Kier molecular flexibility index (Phi) is 2.21. The Morgan fingerprint density at radius 1 is 1.38 bits per heavy atom. The van der Waals surface area contributed by atoms with Crippen molar-refractivity contribution in [1.82, 2.24) is 0 Å². The van der Waals surface area contributed by atoms with Gasteiger partial charge in [0.25, 0.3) is 0 Å². The highest BCUT2D eigenvalue weighted by Crippen LogP contribution is 2.27. The Hall–Kier alpha value is -1.05. The normalized spacial score (nSPS) is 16.8. The molecule has 1 aliphatic rings. The molecule has 0 saturated heterocycles. The summed E-state index contributed by atoms with van der Waals surface area (Å²) in [7, 11) is 0. The van der Waals surface area contributed by atoms with Crippen molar-refractivity contribution < 1.29 is 9.13 Å². The Bertz CT molecular complexity index is 305. The second-order valence-electron chi connectivity index (χ2n) is 3.58. The van der Waals surface area contributed by atoms with Crippen LogP contribution in [-0.4, -0.2) is 6.10 Å². The van der Waals surface area contributed by atoms with Gasteiger partial charge in [-0.05, 0) is 49.9 Å². The van der Waals surface area contributed by atoms with Crippen molar-refractivity contribution in [1.29, 1.82) is 0 Å². The third kappa shape index (κ3) is 1.82. The lowest BCUT2D eigenvalue weighted by atomic mass is 9.96. The standard InChI is InChI=1S/C11H13FO/c1-8-7-9(12)5-6-11(8)13-10-3-2-4-10/h5-7,10H,2-4H2,1H3. The minimum Gasteiger partial charge on any atom is -0.490 e. The van der Waals surface area contributed by atoms with Crippen LogP contribution in [0, 0.1) is 12.7 Å². The second kappa shape index (κ2) is 3.36. The maximum absolute atomic E-state index is 12.7. The molecule has 0 amide bonds. The number of rotatable bonds is 2. The molecule has 0 bridgehead atoms. The molecule has 1 aromatic rings. The number of benzene rings is 1. The number of hydrogen-bond acceptors (Lipinski definition) is 1. The van der Waals surface area contributed by atoms with Gasteiger partial charge in [0.1, 0.15) is 11.6 Å². The number of aryl methyl sites for hydroxylation is 1. The minimum absolute atomic E-state index is 0.196. The van der Waals surface area contributed by atoms with Crippen LogP contribution in [0.3, 0.4) is 0 Å². The van der Waals surface area contributed by atoms with E-state index in [1.165, 1.54) is 18.6 Å². The van der Waals surface area contributed by atoms with Crippen LogP contribution in [0.5, 0.6) is 5.75 Å². The van der Waals surface area contributed by atoms with E-state index >= 15 is 0 Å². The van der Waals surface area contributed by atoms with E-state index in [1.807, 2.05) is 6.92 Å². The summed E-state index contributed by atoms with van der Waals surface area (Å²) < 4.78 is 18.4. The van der Waals surface area contributed by atoms with Crippen LogP contribution in [-0.2, 0) is 0 Å². The van der Waals surface area contributed by atoms with Gasteiger partial charge in [0.2, 0.25) is 0 Å². The van der Waals surface area contributed by atoms with Gasteiger partial charge in [-0.3, -0.25) is 0 Å². The molecule has 13 heavy (non-hydrogen) atoms. The average Bonchev–Trinajstić information content (AvgIpc) is 1.99. The van der Waals surface area contributed by atoms with E-state index in [0.29, 0.717) is 6.10 Å². The lowest BCUT2D eigenvalue weighted by Gasteiger charge is -2.27. The summed E-state index contributed by atoms with van der Waals surface area (Å²) in [6, 6.07) is 4.66. The fraction of sp³-hybridized carbons (Fsp3) is 0.455. The molecule has 0 aromatic heterocycles. The Labute approximate surface area is 77.5 Å². The van der Waals surface area contributed by atoms with Crippen LogP contribution in [0.15, 0.2) is 18.2 Å². The van der Waals surface area contributed by atoms with Crippen LogP contribution in [0.1, 0.15) is 24.8 Å². The monoisotopic (exact) mass is 180 g/mol. The lowest BCUT2D eigenvalue weighted by molar-refractivity contribution is 0.119. The van der Waals surface area contributed by atoms with Gasteiger partial charge < -0.3 is 4.74 Å². The summed E-state index contributed by atoms with van der Waals surface area (Å²) in [4.78, 5) is 0. The molecule has 1 saturated carbocycles. The summed E-state index contributed by atoms with van der Waals surface area (Å²) >= 11 is 0. The summed E-state index contributed by atoms with van der Waals surface area (Å²) in [5, 5.41) is 0. The average molecular weight is 180 g/mol. The molecule has 0 spiro atoms. The van der Waals surface area contributed by atoms with Gasteiger partial charge in [-0.15, -0.1) is 0 Å². The zero-order chi connectivity index (χ0) is 9.26. The molecule has 2 heteroatoms. The Morgan fingerprint density at radius 2 is 2.15 bits per heavy atom. The summed E-state index contributed by atoms with van der Waals surface area (Å²) in [5.74, 6) is 0.629. The third-order valence-corrected chi connectivity index (χ3v) is 2.48. The van der Waals surface area contributed by atoms with Crippen molar-refractivity contribution in [3.63, 3.8) is 0 Å². The fourth-order valence-electron chi connectivity index (χ4n) is 1.41. The lowest BCUT2D eigenvalue weighted by Crippen LogP contribution is -2.24. The van der Waals surface area contributed by atoms with Crippen molar-refractivity contribution in [2.45, 2.75) is 32.3 Å². The number of hydrogen-bond donors (Lipinski definition) is 0. The van der Waals surface area contributed by atoms with Crippen molar-refractivity contribution in [3.05, 3.63) is 29.6 Å². The number of ether oxygens (including phenoxy) is 1. The molecule has 0 aliphatic heterocycles. The molecule has 0 radical (unpaired) electrons. The van der Waals surface area contributed by atoms with Gasteiger partial charge in [0, 0.05) is 0 Å². The summed E-state index contributed by atoms with van der Waals surface area (Å²) in [6.07, 6.45) is 3.89. The van der Waals surface area contributed by atoms with Crippen molar-refractivity contribution in [3.8, 4) is 5.75 Å². The summed E-state index contributed by atoms with van der Waals surface area (Å²) in [6.45, 7) is 1.87. The molecule has 0 unspecified atom stereocenters. The van der Waals surface area contributed by atoms with Crippen LogP contribution < -0.4 is 4.74 Å². The smallest absolute Gasteiger partial charge is 0.123 e. The minimum atomic E-state index is -0.196. The van der Waals surface area contributed by atoms with E-state index < -0.39 is 0 Å². The molecule has 70 valence electrons. The van der Waals surface area contributed by atoms with E-state index in [1.54, 1.807) is 6.07 Å². The number of halogens is 1. The van der Waals surface area contributed by atoms with Crippen LogP contribution in [0.2, 0.25) is 0 Å². The van der Waals surface area contributed by atoms with Crippen molar-refractivity contribution in [2.75, 3.05) is 0 Å². The van der Waals surface area contributed by atoms with Crippen LogP contribution in [0.25, 0.3) is 0 Å². The highest BCUT2D eigenvalue weighted by molar-refractivity contribution is 5.32. The zero-order valence-corrected chi connectivity index (χ0v) is 7.72. The van der Waals surface area contributed by atoms with Crippen LogP contribution in [0.4, 0.5) is 4.39 Å². The zero-order valence-electron chi connectivity index (χ0n) is 7.72. The largest absolute Gasteiger partial charge is 0.490 e. The van der Waals surface area contributed by atoms with Crippen molar-refractivity contribution in [2.24, 2.45) is 0 Å². The molecule has 1 nitrogen and oxygen atoms in total. The maximum Gasteiger partial charge on any atom is 0.123 e. The first kappa shape index (κ1) is 8.54. The molecule has 2 rings (SSSR count). The molecule has 1 aromatic carbocycles. The molecule has 0 N–H and O–H groups in total. The summed E-state index contributed by atoms with van der Waals surface area (Å²) in [5.41, 5.74) is 0.881. The highest BCUT2D eigenvalue weighted by Gasteiger charge is 2.19. The molecule has 1 aliphatic carbocycles. The quantitative estimate of drug-likeness (QED) is 0.679. The van der Waals surface area contributed by atoms with Gasteiger partial charge in [-0.25, -0.2) is 4.39 Å². The Morgan fingerprint density at radius 3 is 2.69 bits per heavy atom. The van der Waals surface area contributed by atoms with Gasteiger partial charge in [0.05, 0.1) is 6.10 Å². The first-order valence-corrected chi connectivity index (χ1v) is 4.68. The predicted molar refractivity (Wildman–Crippen MR) is 49.4 cm³/mol. The van der Waals surface area contributed by atoms with Gasteiger partial charge >= 0.3 is 0 Å². The molecule has 1 fully saturated rings. The van der Waals surface area contributed by atoms with Crippen LogP contribution >= 0.6 is 0 Å². The topological polar surface area (TPSA) is 9.23 Å². The van der Waals surface area contributed by atoms with E-state index in [9.17, 15) is 4.39 Å². The van der Waals surface area contributed by atoms with Gasteiger partial charge in [0.15, 0.2) is 0 Å². The first-order chi connectivity index (χ1) is 6.25. The second-order valence-corrected chi connectivity index (χ2v) is 3.58. The van der Waals surface area contributed by atoms with Crippen molar-refractivity contribution >= 4 is 0 Å². The van der Waals surface area contributed by atoms with E-state index in [2.05, 4.69) is 0 Å². The molecule has 0 heterocycles. The SMILES string of the molecule is Cc1cc(F)ccc1OC1CCC1. The third-order valence-electron chi connectivity index (χ3n) is 2.48. The Balaban J connectivity index is 2.10. The maximum atomic E-state index is 12.7. The highest BCUT2D eigenvalue weighted by atomic mass is 19.1. The van der Waals surface area contributed by atoms with E-state index in [4.69, 9.17) is 4.74 Å². The molecule has 0 atom stereocenters.